The summed E-state index contributed by atoms with van der Waals surface area (Å²) in [5, 5.41) is 0. The van der Waals surface area contributed by atoms with Crippen LogP contribution in [0.3, 0.4) is 0 Å². The average molecular weight is 323 g/mol. The molecule has 0 aromatic heterocycles. The van der Waals surface area contributed by atoms with Crippen LogP contribution in [0.4, 0.5) is 0 Å². The second kappa shape index (κ2) is 6.19. The van der Waals surface area contributed by atoms with E-state index in [4.69, 9.17) is 15.5 Å². The van der Waals surface area contributed by atoms with Crippen LogP contribution in [-0.2, 0) is 5.54 Å². The van der Waals surface area contributed by atoms with E-state index in [2.05, 4.69) is 50.2 Å². The number of aryl methyl sites for hydroxylation is 1. The lowest BCUT2D eigenvalue weighted by molar-refractivity contribution is 0.339. The lowest BCUT2D eigenvalue weighted by Crippen LogP contribution is -2.43. The number of guanidine groups is 1. The van der Waals surface area contributed by atoms with Crippen molar-refractivity contribution in [3.05, 3.63) is 53.6 Å². The largest absolute Gasteiger partial charge is 0.496 e. The summed E-state index contributed by atoms with van der Waals surface area (Å²) in [4.78, 5) is 6.74. The second-order valence-corrected chi connectivity index (χ2v) is 6.70. The van der Waals surface area contributed by atoms with Gasteiger partial charge in [-0.2, -0.15) is 0 Å². The first-order chi connectivity index (χ1) is 11.4. The molecule has 24 heavy (non-hydrogen) atoms. The first kappa shape index (κ1) is 16.4. The molecular formula is C20H25N3O. The highest BCUT2D eigenvalue weighted by Gasteiger charge is 2.31. The SMILES string of the molecule is COc1ccc(C)cc1-c1cccc(C2(C)CCN(C)C(N)=N2)c1. The summed E-state index contributed by atoms with van der Waals surface area (Å²) >= 11 is 0. The van der Waals surface area contributed by atoms with Gasteiger partial charge in [0.1, 0.15) is 5.75 Å². The molecule has 1 aliphatic heterocycles. The van der Waals surface area contributed by atoms with Crippen molar-refractivity contribution >= 4 is 5.96 Å². The summed E-state index contributed by atoms with van der Waals surface area (Å²) in [5.41, 5.74) is 10.4. The molecule has 0 bridgehead atoms. The molecule has 126 valence electrons. The van der Waals surface area contributed by atoms with E-state index in [-0.39, 0.29) is 5.54 Å². The van der Waals surface area contributed by atoms with Crippen molar-refractivity contribution in [2.24, 2.45) is 10.7 Å². The fraction of sp³-hybridized carbons (Fsp3) is 0.350. The Kier molecular flexibility index (Phi) is 4.22. The minimum Gasteiger partial charge on any atom is -0.496 e. The summed E-state index contributed by atoms with van der Waals surface area (Å²) in [6, 6.07) is 14.8. The van der Waals surface area contributed by atoms with Gasteiger partial charge in [-0.05, 0) is 49.6 Å². The van der Waals surface area contributed by atoms with Crippen molar-refractivity contribution < 1.29 is 4.74 Å². The maximum atomic E-state index is 6.06. The summed E-state index contributed by atoms with van der Waals surface area (Å²) in [7, 11) is 3.69. The van der Waals surface area contributed by atoms with E-state index in [0.717, 1.165) is 29.8 Å². The van der Waals surface area contributed by atoms with E-state index in [9.17, 15) is 0 Å². The van der Waals surface area contributed by atoms with Crippen molar-refractivity contribution in [2.75, 3.05) is 20.7 Å². The Morgan fingerprint density at radius 2 is 2.00 bits per heavy atom. The molecule has 4 heteroatoms. The maximum Gasteiger partial charge on any atom is 0.191 e. The molecule has 2 N–H and O–H groups in total. The molecule has 1 heterocycles. The van der Waals surface area contributed by atoms with Crippen molar-refractivity contribution in [3.63, 3.8) is 0 Å². The van der Waals surface area contributed by atoms with Crippen molar-refractivity contribution in [1.29, 1.82) is 0 Å². The Hall–Kier alpha value is -2.49. The van der Waals surface area contributed by atoms with Crippen LogP contribution in [0.2, 0.25) is 0 Å². The normalized spacial score (nSPS) is 20.7. The number of methoxy groups -OCH3 is 1. The number of aliphatic imine (C=N–C) groups is 1. The van der Waals surface area contributed by atoms with Gasteiger partial charge in [-0.25, -0.2) is 4.99 Å². The Labute approximate surface area is 144 Å². The molecule has 1 unspecified atom stereocenters. The monoisotopic (exact) mass is 323 g/mol. The van der Waals surface area contributed by atoms with Crippen LogP contribution in [0.1, 0.15) is 24.5 Å². The predicted octanol–water partition coefficient (Wildman–Crippen LogP) is 3.54. The summed E-state index contributed by atoms with van der Waals surface area (Å²) < 4.78 is 5.54. The number of rotatable bonds is 3. The van der Waals surface area contributed by atoms with E-state index in [1.807, 2.05) is 18.0 Å². The third-order valence-corrected chi connectivity index (χ3v) is 4.84. The van der Waals surface area contributed by atoms with Gasteiger partial charge in [-0.3, -0.25) is 0 Å². The van der Waals surface area contributed by atoms with Crippen LogP contribution in [0, 0.1) is 6.92 Å². The van der Waals surface area contributed by atoms with E-state index >= 15 is 0 Å². The molecule has 0 fully saturated rings. The molecule has 0 radical (unpaired) electrons. The Morgan fingerprint density at radius 3 is 2.71 bits per heavy atom. The van der Waals surface area contributed by atoms with E-state index in [1.54, 1.807) is 7.11 Å². The summed E-state index contributed by atoms with van der Waals surface area (Å²) in [5.74, 6) is 1.48. The molecule has 1 atom stereocenters. The number of benzene rings is 2. The highest BCUT2D eigenvalue weighted by Crippen LogP contribution is 2.37. The molecule has 2 aromatic carbocycles. The molecule has 2 aromatic rings. The first-order valence-corrected chi connectivity index (χ1v) is 8.25. The molecule has 4 nitrogen and oxygen atoms in total. The number of nitrogens with zero attached hydrogens (tertiary/aromatic N) is 2. The molecule has 0 spiro atoms. The number of nitrogens with two attached hydrogens (primary N) is 1. The fourth-order valence-electron chi connectivity index (χ4n) is 3.17. The maximum absolute atomic E-state index is 6.06. The van der Waals surface area contributed by atoms with E-state index in [1.165, 1.54) is 11.1 Å². The van der Waals surface area contributed by atoms with Gasteiger partial charge in [0, 0.05) is 19.2 Å². The van der Waals surface area contributed by atoms with Gasteiger partial charge in [0.15, 0.2) is 5.96 Å². The minimum absolute atomic E-state index is 0.288. The smallest absolute Gasteiger partial charge is 0.191 e. The third kappa shape index (κ3) is 2.96. The molecule has 0 amide bonds. The van der Waals surface area contributed by atoms with Crippen LogP contribution < -0.4 is 10.5 Å². The van der Waals surface area contributed by atoms with Crippen LogP contribution in [0.15, 0.2) is 47.5 Å². The van der Waals surface area contributed by atoms with Gasteiger partial charge < -0.3 is 15.4 Å². The van der Waals surface area contributed by atoms with E-state index in [0.29, 0.717) is 5.96 Å². The van der Waals surface area contributed by atoms with Crippen LogP contribution in [-0.4, -0.2) is 31.6 Å². The van der Waals surface area contributed by atoms with Crippen LogP contribution in [0.25, 0.3) is 11.1 Å². The Bertz CT molecular complexity index is 784. The van der Waals surface area contributed by atoms with Gasteiger partial charge in [0.05, 0.1) is 12.6 Å². The zero-order valence-corrected chi connectivity index (χ0v) is 14.8. The Morgan fingerprint density at radius 1 is 1.21 bits per heavy atom. The van der Waals surface area contributed by atoms with E-state index < -0.39 is 0 Å². The van der Waals surface area contributed by atoms with Gasteiger partial charge >= 0.3 is 0 Å². The first-order valence-electron chi connectivity index (χ1n) is 8.25. The van der Waals surface area contributed by atoms with Gasteiger partial charge in [-0.1, -0.05) is 29.8 Å². The summed E-state index contributed by atoms with van der Waals surface area (Å²) in [6.07, 6.45) is 0.943. The highest BCUT2D eigenvalue weighted by molar-refractivity contribution is 5.79. The standard InChI is InChI=1S/C20H25N3O/c1-14-8-9-18(24-4)17(12-14)15-6-5-7-16(13-15)20(2)10-11-23(3)19(21)22-20/h5-9,12-13H,10-11H2,1-4H3,(H2,21,22). The second-order valence-electron chi connectivity index (χ2n) is 6.70. The zero-order chi connectivity index (χ0) is 17.3. The van der Waals surface area contributed by atoms with Crippen LogP contribution >= 0.6 is 0 Å². The van der Waals surface area contributed by atoms with Crippen molar-refractivity contribution in [3.8, 4) is 16.9 Å². The lowest BCUT2D eigenvalue weighted by atomic mass is 9.86. The number of ether oxygens (including phenoxy) is 1. The predicted molar refractivity (Wildman–Crippen MR) is 99.4 cm³/mol. The molecule has 0 saturated heterocycles. The third-order valence-electron chi connectivity index (χ3n) is 4.84. The fourth-order valence-corrected chi connectivity index (χ4v) is 3.17. The topological polar surface area (TPSA) is 50.9 Å². The van der Waals surface area contributed by atoms with Crippen molar-refractivity contribution in [2.45, 2.75) is 25.8 Å². The molecule has 0 saturated carbocycles. The average Bonchev–Trinajstić information content (AvgIpc) is 2.59. The Balaban J connectivity index is 2.06. The van der Waals surface area contributed by atoms with Gasteiger partial charge in [0.2, 0.25) is 0 Å². The summed E-state index contributed by atoms with van der Waals surface area (Å²) in [6.45, 7) is 5.15. The molecular weight excluding hydrogens is 298 g/mol. The highest BCUT2D eigenvalue weighted by atomic mass is 16.5. The van der Waals surface area contributed by atoms with Gasteiger partial charge in [0.25, 0.3) is 0 Å². The van der Waals surface area contributed by atoms with Crippen molar-refractivity contribution in [1.82, 2.24) is 4.90 Å². The quantitative estimate of drug-likeness (QED) is 0.940. The lowest BCUT2D eigenvalue weighted by Gasteiger charge is -2.35. The zero-order valence-electron chi connectivity index (χ0n) is 14.8. The molecule has 0 aliphatic carbocycles. The molecule has 1 aliphatic rings. The van der Waals surface area contributed by atoms with Crippen LogP contribution in [0.5, 0.6) is 5.75 Å². The minimum atomic E-state index is -0.288. The molecule has 3 rings (SSSR count). The number of hydrogen-bond acceptors (Lipinski definition) is 4. The number of hydrogen-bond donors (Lipinski definition) is 1. The van der Waals surface area contributed by atoms with Gasteiger partial charge in [-0.15, -0.1) is 0 Å².